The summed E-state index contributed by atoms with van der Waals surface area (Å²) in [4.78, 5) is 4.50. The van der Waals surface area contributed by atoms with Crippen LogP contribution in [0.25, 0.3) is 0 Å². The van der Waals surface area contributed by atoms with E-state index in [1.807, 2.05) is 0 Å². The normalized spacial score (nSPS) is 12.0. The van der Waals surface area contributed by atoms with E-state index in [9.17, 15) is 8.78 Å². The lowest BCUT2D eigenvalue weighted by Crippen LogP contribution is -2.30. The summed E-state index contributed by atoms with van der Waals surface area (Å²) >= 11 is 1.25. The zero-order valence-corrected chi connectivity index (χ0v) is 7.50. The van der Waals surface area contributed by atoms with E-state index in [1.54, 1.807) is 12.4 Å². The Kier molecular flexibility index (Phi) is 2.74. The van der Waals surface area contributed by atoms with E-state index in [2.05, 4.69) is 4.98 Å². The second-order valence-electron chi connectivity index (χ2n) is 2.60. The van der Waals surface area contributed by atoms with Gasteiger partial charge < -0.3 is 5.73 Å². The molecule has 2 N–H and O–H groups in total. The number of nitrogens with two attached hydrogens (primary N) is 1. The number of aryl methyl sites for hydroxylation is 1. The molecule has 0 aliphatic heterocycles. The van der Waals surface area contributed by atoms with Crippen LogP contribution in [0.2, 0.25) is 0 Å². The fourth-order valence-electron chi connectivity index (χ4n) is 0.803. The molecule has 1 heterocycles. The molecule has 0 bridgehead atoms. The van der Waals surface area contributed by atoms with Gasteiger partial charge in [-0.15, -0.1) is 11.3 Å². The summed E-state index contributed by atoms with van der Waals surface area (Å²) in [6.45, 7) is 1.11. The van der Waals surface area contributed by atoms with Crippen molar-refractivity contribution < 1.29 is 8.78 Å². The first-order valence-electron chi connectivity index (χ1n) is 3.52. The lowest BCUT2D eigenvalue weighted by molar-refractivity contribution is 0.0121. The summed E-state index contributed by atoms with van der Waals surface area (Å²) < 4.78 is 25.5. The molecule has 0 unspecified atom stereocenters. The van der Waals surface area contributed by atoms with E-state index >= 15 is 0 Å². The molecule has 0 saturated heterocycles. The molecule has 68 valence electrons. The minimum absolute atomic E-state index is 0.292. The third kappa shape index (κ3) is 2.22. The third-order valence-electron chi connectivity index (χ3n) is 1.56. The molecule has 0 aromatic carbocycles. The van der Waals surface area contributed by atoms with Crippen LogP contribution < -0.4 is 5.73 Å². The van der Waals surface area contributed by atoms with Crippen molar-refractivity contribution in [2.45, 2.75) is 19.3 Å². The summed E-state index contributed by atoms with van der Waals surface area (Å²) in [5, 5.41) is 0. The van der Waals surface area contributed by atoms with Crippen LogP contribution in [0.3, 0.4) is 0 Å². The molecule has 1 rings (SSSR count). The molecule has 0 aliphatic carbocycles. The first-order chi connectivity index (χ1) is 5.55. The number of nitrogens with zero attached hydrogens (tertiary/aromatic N) is 1. The van der Waals surface area contributed by atoms with Crippen LogP contribution in [0.1, 0.15) is 10.6 Å². The molecule has 0 radical (unpaired) electrons. The van der Waals surface area contributed by atoms with Crippen LogP contribution in [0, 0.1) is 6.92 Å². The summed E-state index contributed by atoms with van der Waals surface area (Å²) in [7, 11) is 0. The van der Waals surface area contributed by atoms with Crippen molar-refractivity contribution in [1.29, 1.82) is 0 Å². The average Bonchev–Trinajstić information content (AvgIpc) is 2.36. The van der Waals surface area contributed by atoms with E-state index in [4.69, 9.17) is 5.73 Å². The van der Waals surface area contributed by atoms with E-state index < -0.39 is 12.5 Å². The van der Waals surface area contributed by atoms with Gasteiger partial charge >= 0.3 is 0 Å². The molecular formula is C7H10F2N2S. The van der Waals surface area contributed by atoms with E-state index in [0.29, 0.717) is 10.6 Å². The monoisotopic (exact) mass is 192 g/mol. The predicted molar refractivity (Wildman–Crippen MR) is 44.6 cm³/mol. The highest BCUT2D eigenvalue weighted by Gasteiger charge is 2.28. The molecule has 0 amide bonds. The second kappa shape index (κ2) is 3.45. The van der Waals surface area contributed by atoms with Crippen molar-refractivity contribution >= 4 is 11.3 Å². The maximum absolute atomic E-state index is 12.8. The fraction of sp³-hybridized carbons (Fsp3) is 0.571. The quantitative estimate of drug-likeness (QED) is 0.789. The number of aromatic nitrogens is 1. The Morgan fingerprint density at radius 2 is 2.33 bits per heavy atom. The van der Waals surface area contributed by atoms with Crippen molar-refractivity contribution in [3.63, 3.8) is 0 Å². The molecule has 0 aliphatic rings. The van der Waals surface area contributed by atoms with Crippen molar-refractivity contribution in [1.82, 2.24) is 4.98 Å². The second-order valence-corrected chi connectivity index (χ2v) is 3.54. The number of thiazole rings is 1. The summed E-state index contributed by atoms with van der Waals surface area (Å²) in [5.41, 5.74) is 7.15. The third-order valence-corrected chi connectivity index (χ3v) is 2.50. The van der Waals surface area contributed by atoms with Crippen molar-refractivity contribution in [3.05, 3.63) is 16.1 Å². The summed E-state index contributed by atoms with van der Waals surface area (Å²) in [6, 6.07) is 0. The molecule has 0 spiro atoms. The summed E-state index contributed by atoms with van der Waals surface area (Å²) in [6.07, 6.45) is -0.292. The molecule has 1 aromatic heterocycles. The van der Waals surface area contributed by atoms with Crippen LogP contribution in [0.4, 0.5) is 8.78 Å². The smallest absolute Gasteiger partial charge is 0.264 e. The molecule has 5 heteroatoms. The predicted octanol–water partition coefficient (Wildman–Crippen LogP) is 1.59. The highest BCUT2D eigenvalue weighted by atomic mass is 32.1. The molecule has 0 fully saturated rings. The van der Waals surface area contributed by atoms with Crippen LogP contribution in [0.15, 0.2) is 5.51 Å². The van der Waals surface area contributed by atoms with E-state index in [1.165, 1.54) is 11.3 Å². The molecular weight excluding hydrogens is 182 g/mol. The summed E-state index contributed by atoms with van der Waals surface area (Å²) in [5.74, 6) is -2.79. The molecule has 0 saturated carbocycles. The van der Waals surface area contributed by atoms with Crippen molar-refractivity contribution in [2.24, 2.45) is 5.73 Å². The Balaban J connectivity index is 2.70. The van der Waals surface area contributed by atoms with E-state index in [0.717, 1.165) is 0 Å². The number of hydrogen-bond acceptors (Lipinski definition) is 3. The Hall–Kier alpha value is -0.550. The van der Waals surface area contributed by atoms with Gasteiger partial charge in [0.1, 0.15) is 0 Å². The molecule has 0 atom stereocenters. The van der Waals surface area contributed by atoms with Crippen LogP contribution >= 0.6 is 11.3 Å². The fourth-order valence-corrected chi connectivity index (χ4v) is 1.66. The first kappa shape index (κ1) is 9.54. The van der Waals surface area contributed by atoms with Gasteiger partial charge in [0.05, 0.1) is 17.7 Å². The van der Waals surface area contributed by atoms with Gasteiger partial charge in [0.2, 0.25) is 0 Å². The van der Waals surface area contributed by atoms with Gasteiger partial charge in [-0.1, -0.05) is 0 Å². The molecule has 12 heavy (non-hydrogen) atoms. The maximum Gasteiger partial charge on any atom is 0.264 e. The van der Waals surface area contributed by atoms with Gasteiger partial charge in [0, 0.05) is 11.3 Å². The minimum Gasteiger partial charge on any atom is -0.325 e. The van der Waals surface area contributed by atoms with Gasteiger partial charge in [0.15, 0.2) is 0 Å². The highest BCUT2D eigenvalue weighted by Crippen LogP contribution is 2.23. The van der Waals surface area contributed by atoms with Crippen LogP contribution in [-0.4, -0.2) is 17.5 Å². The van der Waals surface area contributed by atoms with Crippen LogP contribution in [-0.2, 0) is 6.42 Å². The van der Waals surface area contributed by atoms with Gasteiger partial charge in [0.25, 0.3) is 5.92 Å². The zero-order chi connectivity index (χ0) is 9.19. The number of rotatable bonds is 3. The Bertz CT molecular complexity index is 260. The maximum atomic E-state index is 12.8. The number of halogens is 2. The number of alkyl halides is 2. The SMILES string of the molecule is Cc1ncsc1CC(F)(F)CN. The lowest BCUT2D eigenvalue weighted by Gasteiger charge is -2.11. The topological polar surface area (TPSA) is 38.9 Å². The van der Waals surface area contributed by atoms with Gasteiger partial charge in [-0.2, -0.15) is 0 Å². The van der Waals surface area contributed by atoms with Gasteiger partial charge in [-0.05, 0) is 6.92 Å². The Morgan fingerprint density at radius 1 is 1.67 bits per heavy atom. The van der Waals surface area contributed by atoms with Crippen LogP contribution in [0.5, 0.6) is 0 Å². The number of hydrogen-bond donors (Lipinski definition) is 1. The lowest BCUT2D eigenvalue weighted by atomic mass is 10.2. The standard InChI is InChI=1S/C7H10F2N2S/c1-5-6(12-4-11-5)2-7(8,9)3-10/h4H,2-3,10H2,1H3. The molecule has 2 nitrogen and oxygen atoms in total. The zero-order valence-electron chi connectivity index (χ0n) is 6.68. The van der Waals surface area contributed by atoms with E-state index in [-0.39, 0.29) is 6.42 Å². The Labute approximate surface area is 73.4 Å². The average molecular weight is 192 g/mol. The first-order valence-corrected chi connectivity index (χ1v) is 4.40. The Morgan fingerprint density at radius 3 is 2.75 bits per heavy atom. The highest BCUT2D eigenvalue weighted by molar-refractivity contribution is 7.09. The largest absolute Gasteiger partial charge is 0.325 e. The molecule has 1 aromatic rings. The minimum atomic E-state index is -2.79. The van der Waals surface area contributed by atoms with Crippen molar-refractivity contribution in [2.75, 3.05) is 6.54 Å². The van der Waals surface area contributed by atoms with Gasteiger partial charge in [-0.3, -0.25) is 0 Å². The van der Waals surface area contributed by atoms with Gasteiger partial charge in [-0.25, -0.2) is 13.8 Å². The van der Waals surface area contributed by atoms with Crippen molar-refractivity contribution in [3.8, 4) is 0 Å².